The third kappa shape index (κ3) is 4.64. The van der Waals surface area contributed by atoms with Gasteiger partial charge in [-0.25, -0.2) is 0 Å². The number of likely N-dealkylation sites (tertiary alicyclic amines) is 1. The number of hydrogen-bond donors (Lipinski definition) is 1. The molecule has 0 spiro atoms. The Kier molecular flexibility index (Phi) is 7.33. The molecule has 1 N–H and O–H groups in total. The number of carbonyl (C=O) groups excluding carboxylic acids is 1. The molecule has 0 saturated carbocycles. The fraction of sp³-hybridized carbons (Fsp3) is 0.600. The first-order chi connectivity index (χ1) is 13.0. The molecule has 2 atom stereocenters. The van der Waals surface area contributed by atoms with Crippen LogP contribution >= 0.6 is 0 Å². The Morgan fingerprint density at radius 1 is 1.15 bits per heavy atom. The minimum Gasteiger partial charge on any atom is -0.493 e. The van der Waals surface area contributed by atoms with E-state index in [0.29, 0.717) is 30.2 Å². The molecule has 1 heterocycles. The summed E-state index contributed by atoms with van der Waals surface area (Å²) in [5.74, 6) is 0.164. The van der Waals surface area contributed by atoms with Gasteiger partial charge in [-0.15, -0.1) is 0 Å². The minimum absolute atomic E-state index is 0.0164. The minimum atomic E-state index is -0.875. The van der Waals surface area contributed by atoms with E-state index in [0.717, 1.165) is 24.8 Å². The van der Waals surface area contributed by atoms with Crippen molar-refractivity contribution in [2.24, 2.45) is 0 Å². The van der Waals surface area contributed by atoms with E-state index in [2.05, 4.69) is 0 Å². The maximum atomic E-state index is 13.3. The van der Waals surface area contributed by atoms with E-state index < -0.39 is 11.9 Å². The molecule has 0 bridgehead atoms. The van der Waals surface area contributed by atoms with Crippen molar-refractivity contribution < 1.29 is 28.9 Å². The molecule has 7 nitrogen and oxygen atoms in total. The number of hydrogen-bond acceptors (Lipinski definition) is 5. The van der Waals surface area contributed by atoms with E-state index in [9.17, 15) is 14.7 Å². The highest BCUT2D eigenvalue weighted by Crippen LogP contribution is 2.41. The zero-order valence-electron chi connectivity index (χ0n) is 16.5. The summed E-state index contributed by atoms with van der Waals surface area (Å²) < 4.78 is 16.2. The Morgan fingerprint density at radius 2 is 1.78 bits per heavy atom. The van der Waals surface area contributed by atoms with Crippen LogP contribution in [0, 0.1) is 0 Å². The van der Waals surface area contributed by atoms with Crippen molar-refractivity contribution in [2.75, 3.05) is 27.9 Å². The summed E-state index contributed by atoms with van der Waals surface area (Å²) in [5.41, 5.74) is 0.775. The number of amides is 1. The molecule has 0 unspecified atom stereocenters. The molecule has 7 heteroatoms. The summed E-state index contributed by atoms with van der Waals surface area (Å²) in [6, 6.07) is 3.34. The summed E-state index contributed by atoms with van der Waals surface area (Å²) in [7, 11) is 4.61. The van der Waals surface area contributed by atoms with Gasteiger partial charge in [-0.2, -0.15) is 0 Å². The Hall–Kier alpha value is -2.44. The Morgan fingerprint density at radius 3 is 2.26 bits per heavy atom. The van der Waals surface area contributed by atoms with Crippen LogP contribution in [0.3, 0.4) is 0 Å². The highest BCUT2D eigenvalue weighted by Gasteiger charge is 2.33. The number of ether oxygens (including phenoxy) is 3. The topological polar surface area (TPSA) is 85.3 Å². The Bertz CT molecular complexity index is 649. The normalized spacial score (nSPS) is 17.9. The molecule has 1 aliphatic rings. The number of carboxylic acids is 1. The van der Waals surface area contributed by atoms with Crippen molar-refractivity contribution in [3.63, 3.8) is 0 Å². The molecule has 0 aromatic heterocycles. The summed E-state index contributed by atoms with van der Waals surface area (Å²) in [4.78, 5) is 26.2. The number of methoxy groups -OCH3 is 3. The standard InChI is InChI=1S/C20H29NO6/c1-5-15(13-10-16(25-2)19(27-4)17(11-13)26-3)20(24)21-9-7-6-8-14(21)12-18(22)23/h10-11,14-15H,5-9,12H2,1-4H3,(H,22,23)/t14-,15-/m0/s1. The fourth-order valence-electron chi connectivity index (χ4n) is 3.76. The van der Waals surface area contributed by atoms with Crippen LogP contribution in [0.15, 0.2) is 12.1 Å². The average Bonchev–Trinajstić information content (AvgIpc) is 2.67. The van der Waals surface area contributed by atoms with E-state index >= 15 is 0 Å². The highest BCUT2D eigenvalue weighted by molar-refractivity contribution is 5.85. The van der Waals surface area contributed by atoms with E-state index in [4.69, 9.17) is 14.2 Å². The molecule has 1 aliphatic heterocycles. The number of carbonyl (C=O) groups is 2. The molecule has 1 aromatic carbocycles. The van der Waals surface area contributed by atoms with E-state index in [1.165, 1.54) is 21.3 Å². The van der Waals surface area contributed by atoms with Gasteiger partial charge in [0.2, 0.25) is 11.7 Å². The van der Waals surface area contributed by atoms with Crippen molar-refractivity contribution in [2.45, 2.75) is 51.0 Å². The van der Waals surface area contributed by atoms with Gasteiger partial charge < -0.3 is 24.2 Å². The zero-order valence-corrected chi connectivity index (χ0v) is 16.5. The van der Waals surface area contributed by atoms with Gasteiger partial charge in [-0.1, -0.05) is 6.92 Å². The summed E-state index contributed by atoms with van der Waals surface area (Å²) >= 11 is 0. The number of rotatable bonds is 8. The number of nitrogens with zero attached hydrogens (tertiary/aromatic N) is 1. The lowest BCUT2D eigenvalue weighted by molar-refractivity contribution is -0.142. The largest absolute Gasteiger partial charge is 0.493 e. The molecular weight excluding hydrogens is 350 g/mol. The first kappa shape index (κ1) is 20.9. The molecule has 1 amide bonds. The predicted octanol–water partition coefficient (Wildman–Crippen LogP) is 3.06. The molecule has 1 saturated heterocycles. The molecule has 0 radical (unpaired) electrons. The summed E-state index contributed by atoms with van der Waals surface area (Å²) in [6.45, 7) is 2.54. The van der Waals surface area contributed by atoms with Crippen LogP contribution in [0.4, 0.5) is 0 Å². The first-order valence-electron chi connectivity index (χ1n) is 9.28. The van der Waals surface area contributed by atoms with Gasteiger partial charge in [0.05, 0.1) is 33.7 Å². The van der Waals surface area contributed by atoms with Crippen LogP contribution in [0.25, 0.3) is 0 Å². The van der Waals surface area contributed by atoms with Gasteiger partial charge in [0.1, 0.15) is 0 Å². The fourth-order valence-corrected chi connectivity index (χ4v) is 3.76. The number of piperidine rings is 1. The van der Waals surface area contributed by atoms with Gasteiger partial charge in [-0.05, 0) is 43.4 Å². The van der Waals surface area contributed by atoms with Crippen LogP contribution in [0.1, 0.15) is 50.5 Å². The number of aliphatic carboxylic acids is 1. The van der Waals surface area contributed by atoms with E-state index in [-0.39, 0.29) is 18.4 Å². The van der Waals surface area contributed by atoms with Crippen LogP contribution in [0.2, 0.25) is 0 Å². The second-order valence-electron chi connectivity index (χ2n) is 6.70. The van der Waals surface area contributed by atoms with Crippen molar-refractivity contribution in [3.8, 4) is 17.2 Å². The molecule has 2 rings (SSSR count). The lowest BCUT2D eigenvalue weighted by Gasteiger charge is -2.37. The van der Waals surface area contributed by atoms with Crippen LogP contribution in [-0.2, 0) is 9.59 Å². The van der Waals surface area contributed by atoms with Crippen molar-refractivity contribution in [1.82, 2.24) is 4.90 Å². The van der Waals surface area contributed by atoms with Gasteiger partial charge in [0, 0.05) is 12.6 Å². The Labute approximate surface area is 160 Å². The third-order valence-electron chi connectivity index (χ3n) is 5.12. The number of benzene rings is 1. The summed E-state index contributed by atoms with van der Waals surface area (Å²) in [5, 5.41) is 9.19. The summed E-state index contributed by atoms with van der Waals surface area (Å²) in [6.07, 6.45) is 3.14. The lowest BCUT2D eigenvalue weighted by Crippen LogP contribution is -2.46. The molecule has 1 aromatic rings. The third-order valence-corrected chi connectivity index (χ3v) is 5.12. The lowest BCUT2D eigenvalue weighted by atomic mass is 9.91. The van der Waals surface area contributed by atoms with Crippen molar-refractivity contribution >= 4 is 11.9 Å². The van der Waals surface area contributed by atoms with E-state index in [1.807, 2.05) is 6.92 Å². The number of carboxylic acid groups (broad SMARTS) is 1. The molecule has 0 aliphatic carbocycles. The van der Waals surface area contributed by atoms with Gasteiger partial charge in [0.15, 0.2) is 11.5 Å². The highest BCUT2D eigenvalue weighted by atomic mass is 16.5. The second kappa shape index (κ2) is 9.48. The smallest absolute Gasteiger partial charge is 0.305 e. The van der Waals surface area contributed by atoms with Gasteiger partial charge in [0.25, 0.3) is 0 Å². The Balaban J connectivity index is 2.37. The van der Waals surface area contributed by atoms with Crippen LogP contribution in [0.5, 0.6) is 17.2 Å². The monoisotopic (exact) mass is 379 g/mol. The molecule has 1 fully saturated rings. The van der Waals surface area contributed by atoms with Crippen molar-refractivity contribution in [1.29, 1.82) is 0 Å². The second-order valence-corrected chi connectivity index (χ2v) is 6.70. The van der Waals surface area contributed by atoms with E-state index in [1.54, 1.807) is 17.0 Å². The molecule has 27 heavy (non-hydrogen) atoms. The van der Waals surface area contributed by atoms with Crippen LogP contribution < -0.4 is 14.2 Å². The predicted molar refractivity (Wildman–Crippen MR) is 101 cm³/mol. The SMILES string of the molecule is CC[C@H](C(=O)N1CCCC[C@H]1CC(=O)O)c1cc(OC)c(OC)c(OC)c1. The van der Waals surface area contributed by atoms with Gasteiger partial charge in [-0.3, -0.25) is 9.59 Å². The van der Waals surface area contributed by atoms with Gasteiger partial charge >= 0.3 is 5.97 Å². The maximum Gasteiger partial charge on any atom is 0.305 e. The molecule has 150 valence electrons. The first-order valence-corrected chi connectivity index (χ1v) is 9.28. The van der Waals surface area contributed by atoms with Crippen LogP contribution in [-0.4, -0.2) is 55.8 Å². The average molecular weight is 379 g/mol. The maximum absolute atomic E-state index is 13.3. The quantitative estimate of drug-likeness (QED) is 0.747. The zero-order chi connectivity index (χ0) is 20.0. The van der Waals surface area contributed by atoms with Crippen molar-refractivity contribution in [3.05, 3.63) is 17.7 Å². The molecular formula is C20H29NO6.